The molecule has 2 nitrogen and oxygen atoms in total. The van der Waals surface area contributed by atoms with E-state index in [1.54, 1.807) is 0 Å². The first-order valence-corrected chi connectivity index (χ1v) is 3.16. The van der Waals surface area contributed by atoms with E-state index < -0.39 is 5.82 Å². The van der Waals surface area contributed by atoms with E-state index in [0.29, 0.717) is 5.56 Å². The van der Waals surface area contributed by atoms with Crippen LogP contribution in [0.15, 0.2) is 18.2 Å². The minimum absolute atomic E-state index is 0. The van der Waals surface area contributed by atoms with E-state index in [-0.39, 0.29) is 23.9 Å². The molecule has 1 rings (SSSR count). The smallest absolute Gasteiger partial charge is 0.159 e. The van der Waals surface area contributed by atoms with Gasteiger partial charge >= 0.3 is 0 Å². The number of rotatable bonds is 1. The molecule has 0 atom stereocenters. The molecule has 1 aromatic rings. The zero-order valence-electron chi connectivity index (χ0n) is 6.50. The zero-order chi connectivity index (χ0) is 8.43. The molecule has 4 heteroatoms. The lowest BCUT2D eigenvalue weighted by molar-refractivity contribution is 0.101. The van der Waals surface area contributed by atoms with Crippen LogP contribution in [0.4, 0.5) is 10.1 Å². The highest BCUT2D eigenvalue weighted by Gasteiger charge is 2.01. The number of anilines is 1. The Morgan fingerprint density at radius 1 is 1.42 bits per heavy atom. The summed E-state index contributed by atoms with van der Waals surface area (Å²) in [5.74, 6) is -0.661. The van der Waals surface area contributed by atoms with Gasteiger partial charge in [0.05, 0.1) is 0 Å². The van der Waals surface area contributed by atoms with Crippen LogP contribution in [0.1, 0.15) is 17.3 Å². The topological polar surface area (TPSA) is 43.1 Å². The molecular weight excluding hydrogens is 181 g/mol. The molecular formula is C8H9ClFNO. The highest BCUT2D eigenvalue weighted by atomic mass is 35.5. The predicted octanol–water partition coefficient (Wildman–Crippen LogP) is 2.03. The molecule has 0 fully saturated rings. The van der Waals surface area contributed by atoms with Crippen LogP contribution in [-0.2, 0) is 0 Å². The van der Waals surface area contributed by atoms with Crippen molar-refractivity contribution in [2.75, 3.05) is 5.73 Å². The molecule has 0 amide bonds. The van der Waals surface area contributed by atoms with Gasteiger partial charge < -0.3 is 5.73 Å². The minimum Gasteiger partial charge on any atom is -0.399 e. The number of hydrogen-bond acceptors (Lipinski definition) is 2. The third kappa shape index (κ3) is 2.51. The molecule has 0 aromatic heterocycles. The summed E-state index contributed by atoms with van der Waals surface area (Å²) < 4.78 is 12.6. The Labute approximate surface area is 76.0 Å². The monoisotopic (exact) mass is 189 g/mol. The van der Waals surface area contributed by atoms with Gasteiger partial charge in [0, 0.05) is 11.3 Å². The average molecular weight is 190 g/mol. The lowest BCUT2D eigenvalue weighted by atomic mass is 10.1. The third-order valence-electron chi connectivity index (χ3n) is 1.33. The second-order valence-electron chi connectivity index (χ2n) is 2.33. The average Bonchev–Trinajstić information content (AvgIpc) is 1.85. The Kier molecular flexibility index (Phi) is 3.70. The Balaban J connectivity index is 0.00000121. The number of hydrogen-bond donors (Lipinski definition) is 1. The molecule has 0 heterocycles. The number of nitrogens with two attached hydrogens (primary N) is 1. The van der Waals surface area contributed by atoms with Crippen LogP contribution in [-0.4, -0.2) is 5.78 Å². The van der Waals surface area contributed by atoms with Crippen molar-refractivity contribution in [2.24, 2.45) is 0 Å². The van der Waals surface area contributed by atoms with Crippen LogP contribution in [0.5, 0.6) is 0 Å². The van der Waals surface area contributed by atoms with Crippen molar-refractivity contribution in [2.45, 2.75) is 6.92 Å². The van der Waals surface area contributed by atoms with Crippen molar-refractivity contribution in [1.82, 2.24) is 0 Å². The molecule has 0 radical (unpaired) electrons. The molecule has 0 bridgehead atoms. The Bertz CT molecular complexity index is 281. The maximum absolute atomic E-state index is 12.6. The zero-order valence-corrected chi connectivity index (χ0v) is 7.32. The van der Waals surface area contributed by atoms with Gasteiger partial charge in [-0.2, -0.15) is 0 Å². The molecule has 1 aromatic carbocycles. The lowest BCUT2D eigenvalue weighted by Gasteiger charge is -1.97. The number of carbonyl (C=O) groups is 1. The summed E-state index contributed by atoms with van der Waals surface area (Å²) in [6, 6.07) is 3.79. The maximum Gasteiger partial charge on any atom is 0.159 e. The van der Waals surface area contributed by atoms with E-state index in [4.69, 9.17) is 5.73 Å². The summed E-state index contributed by atoms with van der Waals surface area (Å²) in [6.45, 7) is 1.37. The molecule has 0 spiro atoms. The van der Waals surface area contributed by atoms with Crippen LogP contribution in [0.25, 0.3) is 0 Å². The standard InChI is InChI=1S/C8H8FNO.ClH/c1-5(11)6-2-7(9)4-8(10)3-6;/h2-4H,10H2,1H3;1H. The molecule has 0 aliphatic rings. The first-order valence-electron chi connectivity index (χ1n) is 3.16. The summed E-state index contributed by atoms with van der Waals surface area (Å²) >= 11 is 0. The van der Waals surface area contributed by atoms with Gasteiger partial charge in [-0.15, -0.1) is 12.4 Å². The maximum atomic E-state index is 12.6. The molecule has 2 N–H and O–H groups in total. The Morgan fingerprint density at radius 3 is 2.42 bits per heavy atom. The molecule has 0 saturated carbocycles. The van der Waals surface area contributed by atoms with E-state index >= 15 is 0 Å². The largest absolute Gasteiger partial charge is 0.399 e. The first kappa shape index (κ1) is 10.9. The van der Waals surface area contributed by atoms with Crippen molar-refractivity contribution in [1.29, 1.82) is 0 Å². The van der Waals surface area contributed by atoms with Gasteiger partial charge in [-0.1, -0.05) is 0 Å². The van der Waals surface area contributed by atoms with Crippen LogP contribution in [0.2, 0.25) is 0 Å². The van der Waals surface area contributed by atoms with Crippen LogP contribution < -0.4 is 5.73 Å². The van der Waals surface area contributed by atoms with Gasteiger partial charge in [0.15, 0.2) is 5.78 Å². The minimum atomic E-state index is -0.477. The van der Waals surface area contributed by atoms with Gasteiger partial charge in [-0.3, -0.25) is 4.79 Å². The fraction of sp³-hybridized carbons (Fsp3) is 0.125. The number of ketones is 1. The second-order valence-corrected chi connectivity index (χ2v) is 2.33. The normalized spacial score (nSPS) is 8.83. The molecule has 12 heavy (non-hydrogen) atoms. The summed E-state index contributed by atoms with van der Waals surface area (Å²) in [6.07, 6.45) is 0. The molecule has 0 aliphatic carbocycles. The summed E-state index contributed by atoms with van der Waals surface area (Å²) in [5, 5.41) is 0. The quantitative estimate of drug-likeness (QED) is 0.543. The van der Waals surface area contributed by atoms with Gasteiger partial charge in [-0.05, 0) is 25.1 Å². The Morgan fingerprint density at radius 2 is 2.00 bits per heavy atom. The highest BCUT2D eigenvalue weighted by Crippen LogP contribution is 2.10. The van der Waals surface area contributed by atoms with E-state index in [1.807, 2.05) is 0 Å². The molecule has 66 valence electrons. The molecule has 0 saturated heterocycles. The molecule has 0 unspecified atom stereocenters. The van der Waals surface area contributed by atoms with Crippen LogP contribution in [0.3, 0.4) is 0 Å². The van der Waals surface area contributed by atoms with Crippen molar-refractivity contribution in [3.05, 3.63) is 29.6 Å². The van der Waals surface area contributed by atoms with Crippen molar-refractivity contribution in [3.8, 4) is 0 Å². The van der Waals surface area contributed by atoms with Crippen molar-refractivity contribution < 1.29 is 9.18 Å². The predicted molar refractivity (Wildman–Crippen MR) is 48.1 cm³/mol. The summed E-state index contributed by atoms with van der Waals surface area (Å²) in [4.78, 5) is 10.7. The fourth-order valence-corrected chi connectivity index (χ4v) is 0.816. The van der Waals surface area contributed by atoms with Crippen molar-refractivity contribution >= 4 is 23.9 Å². The fourth-order valence-electron chi connectivity index (χ4n) is 0.816. The first-order chi connectivity index (χ1) is 5.09. The summed E-state index contributed by atoms with van der Waals surface area (Å²) in [5.41, 5.74) is 5.89. The number of halogens is 2. The number of benzene rings is 1. The van der Waals surface area contributed by atoms with Gasteiger partial charge in [-0.25, -0.2) is 4.39 Å². The SMILES string of the molecule is CC(=O)c1cc(N)cc(F)c1.Cl. The van der Waals surface area contributed by atoms with Gasteiger partial charge in [0.2, 0.25) is 0 Å². The van der Waals surface area contributed by atoms with Crippen LogP contribution in [0, 0.1) is 5.82 Å². The lowest BCUT2D eigenvalue weighted by Crippen LogP contribution is -1.95. The van der Waals surface area contributed by atoms with Crippen molar-refractivity contribution in [3.63, 3.8) is 0 Å². The highest BCUT2D eigenvalue weighted by molar-refractivity contribution is 5.94. The van der Waals surface area contributed by atoms with E-state index in [2.05, 4.69) is 0 Å². The number of nitrogen functional groups attached to an aromatic ring is 1. The van der Waals surface area contributed by atoms with E-state index in [1.165, 1.54) is 25.1 Å². The molecule has 0 aliphatic heterocycles. The van der Waals surface area contributed by atoms with Gasteiger partial charge in [0.1, 0.15) is 5.82 Å². The second kappa shape index (κ2) is 4.07. The number of Topliss-reactive ketones (excluding diaryl/α,β-unsaturated/α-hetero) is 1. The Hall–Kier alpha value is -1.09. The third-order valence-corrected chi connectivity index (χ3v) is 1.33. The van der Waals surface area contributed by atoms with Crippen LogP contribution >= 0.6 is 12.4 Å². The van der Waals surface area contributed by atoms with Gasteiger partial charge in [0.25, 0.3) is 0 Å². The summed E-state index contributed by atoms with van der Waals surface area (Å²) in [7, 11) is 0. The van der Waals surface area contributed by atoms with E-state index in [9.17, 15) is 9.18 Å². The number of carbonyl (C=O) groups excluding carboxylic acids is 1. The van der Waals surface area contributed by atoms with E-state index in [0.717, 1.165) is 0 Å².